The molecule has 2 heterocycles. The molecule has 0 aliphatic heterocycles. The van der Waals surface area contributed by atoms with Gasteiger partial charge in [-0.05, 0) is 35.4 Å². The minimum atomic E-state index is -0.299. The Morgan fingerprint density at radius 2 is 1.76 bits per heavy atom. The summed E-state index contributed by atoms with van der Waals surface area (Å²) in [7, 11) is 0. The highest BCUT2D eigenvalue weighted by molar-refractivity contribution is 7.21. The zero-order valence-corrected chi connectivity index (χ0v) is 14.7. The molecule has 1 aromatic carbocycles. The highest BCUT2D eigenvalue weighted by Gasteiger charge is 2.21. The summed E-state index contributed by atoms with van der Waals surface area (Å²) in [5, 5.41) is 3.49. The summed E-state index contributed by atoms with van der Waals surface area (Å²) in [4.78, 5) is 17.0. The van der Waals surface area contributed by atoms with Crippen LogP contribution in [0.5, 0.6) is 0 Å². The maximum absolute atomic E-state index is 13.3. The molecule has 3 N–H and O–H groups in total. The van der Waals surface area contributed by atoms with Crippen LogP contribution >= 0.6 is 11.3 Å². The molecule has 128 valence electrons. The number of nitrogen functional groups attached to an aromatic ring is 1. The lowest BCUT2D eigenvalue weighted by Gasteiger charge is -2.07. The molecule has 25 heavy (non-hydrogen) atoms. The number of anilines is 2. The maximum atomic E-state index is 13.3. The molecule has 0 saturated carbocycles. The summed E-state index contributed by atoms with van der Waals surface area (Å²) in [6, 6.07) is 9.96. The standard InChI is InChI=1S/C19H18FN3OS/c1-11(2)18(24)23-19-16(21)15(12-7-9-22-10-8-12)17(25-19)13-3-5-14(20)6-4-13/h3-11H,21H2,1-2H3,(H,23,24). The molecule has 0 spiro atoms. The molecule has 0 saturated heterocycles. The van der Waals surface area contributed by atoms with Gasteiger partial charge in [0.15, 0.2) is 0 Å². The van der Waals surface area contributed by atoms with E-state index < -0.39 is 0 Å². The van der Waals surface area contributed by atoms with E-state index in [2.05, 4.69) is 10.3 Å². The van der Waals surface area contributed by atoms with Gasteiger partial charge in [0.2, 0.25) is 5.91 Å². The largest absolute Gasteiger partial charge is 0.396 e. The number of nitrogens with zero attached hydrogens (tertiary/aromatic N) is 1. The molecular weight excluding hydrogens is 337 g/mol. The highest BCUT2D eigenvalue weighted by atomic mass is 32.1. The number of thiophene rings is 1. The summed E-state index contributed by atoms with van der Waals surface area (Å²) in [6.45, 7) is 3.65. The zero-order chi connectivity index (χ0) is 18.0. The fraction of sp³-hybridized carbons (Fsp3) is 0.158. The summed E-state index contributed by atoms with van der Waals surface area (Å²) in [6.07, 6.45) is 3.38. The summed E-state index contributed by atoms with van der Waals surface area (Å²) in [5.41, 5.74) is 9.41. The Hall–Kier alpha value is -2.73. The molecule has 0 atom stereocenters. The third kappa shape index (κ3) is 3.53. The summed E-state index contributed by atoms with van der Waals surface area (Å²) >= 11 is 1.39. The molecule has 0 fully saturated rings. The van der Waals surface area contributed by atoms with Crippen molar-refractivity contribution in [3.63, 3.8) is 0 Å². The molecule has 3 aromatic rings. The number of benzene rings is 1. The van der Waals surface area contributed by atoms with E-state index in [-0.39, 0.29) is 17.6 Å². The molecule has 0 bridgehead atoms. The highest BCUT2D eigenvalue weighted by Crippen LogP contribution is 2.47. The van der Waals surface area contributed by atoms with Crippen LogP contribution in [0.4, 0.5) is 15.1 Å². The van der Waals surface area contributed by atoms with Crippen molar-refractivity contribution in [1.29, 1.82) is 0 Å². The number of rotatable bonds is 4. The number of aromatic nitrogens is 1. The van der Waals surface area contributed by atoms with Crippen LogP contribution in [0.3, 0.4) is 0 Å². The molecule has 1 amide bonds. The Morgan fingerprint density at radius 3 is 2.36 bits per heavy atom. The SMILES string of the molecule is CC(C)C(=O)Nc1sc(-c2ccc(F)cc2)c(-c2ccncc2)c1N. The van der Waals surface area contributed by atoms with Crippen LogP contribution in [0.1, 0.15) is 13.8 Å². The topological polar surface area (TPSA) is 68.0 Å². The molecule has 0 aliphatic rings. The number of nitrogens with two attached hydrogens (primary N) is 1. The van der Waals surface area contributed by atoms with E-state index >= 15 is 0 Å². The van der Waals surface area contributed by atoms with Gasteiger partial charge in [-0.2, -0.15) is 0 Å². The monoisotopic (exact) mass is 355 g/mol. The van der Waals surface area contributed by atoms with E-state index in [1.54, 1.807) is 24.5 Å². The number of halogens is 1. The van der Waals surface area contributed by atoms with Crippen LogP contribution in [0.2, 0.25) is 0 Å². The fourth-order valence-corrected chi connectivity index (χ4v) is 3.55. The number of hydrogen-bond acceptors (Lipinski definition) is 4. The van der Waals surface area contributed by atoms with Gasteiger partial charge < -0.3 is 11.1 Å². The zero-order valence-electron chi connectivity index (χ0n) is 13.9. The minimum Gasteiger partial charge on any atom is -0.396 e. The van der Waals surface area contributed by atoms with E-state index in [1.807, 2.05) is 26.0 Å². The second-order valence-corrected chi connectivity index (χ2v) is 6.96. The number of hydrogen-bond donors (Lipinski definition) is 2. The van der Waals surface area contributed by atoms with Gasteiger partial charge in [0, 0.05) is 28.8 Å². The molecular formula is C19H18FN3OS. The molecule has 4 nitrogen and oxygen atoms in total. The van der Waals surface area contributed by atoms with Crippen molar-refractivity contribution in [2.45, 2.75) is 13.8 Å². The first-order valence-corrected chi connectivity index (χ1v) is 8.68. The molecule has 0 aliphatic carbocycles. The van der Waals surface area contributed by atoms with Gasteiger partial charge in [-0.1, -0.05) is 26.0 Å². The second-order valence-electron chi connectivity index (χ2n) is 5.94. The molecule has 2 aromatic heterocycles. The van der Waals surface area contributed by atoms with Crippen molar-refractivity contribution < 1.29 is 9.18 Å². The van der Waals surface area contributed by atoms with E-state index in [0.29, 0.717) is 10.7 Å². The Labute approximate surface area is 149 Å². The summed E-state index contributed by atoms with van der Waals surface area (Å²) < 4.78 is 13.3. The van der Waals surface area contributed by atoms with Crippen LogP contribution < -0.4 is 11.1 Å². The third-order valence-corrected chi connectivity index (χ3v) is 4.95. The lowest BCUT2D eigenvalue weighted by atomic mass is 10.0. The van der Waals surface area contributed by atoms with Gasteiger partial charge in [-0.3, -0.25) is 9.78 Å². The van der Waals surface area contributed by atoms with Crippen LogP contribution in [-0.2, 0) is 4.79 Å². The van der Waals surface area contributed by atoms with Crippen molar-refractivity contribution in [3.05, 3.63) is 54.6 Å². The average molecular weight is 355 g/mol. The van der Waals surface area contributed by atoms with Gasteiger partial charge in [0.1, 0.15) is 10.8 Å². The number of pyridine rings is 1. The van der Waals surface area contributed by atoms with E-state index in [1.165, 1.54) is 23.5 Å². The quantitative estimate of drug-likeness (QED) is 0.707. The van der Waals surface area contributed by atoms with Crippen molar-refractivity contribution in [3.8, 4) is 21.6 Å². The van der Waals surface area contributed by atoms with E-state index in [0.717, 1.165) is 21.6 Å². The number of carbonyl (C=O) groups is 1. The van der Waals surface area contributed by atoms with E-state index in [4.69, 9.17) is 5.73 Å². The Bertz CT molecular complexity index is 889. The Kier molecular flexibility index (Phi) is 4.81. The van der Waals surface area contributed by atoms with Gasteiger partial charge in [0.05, 0.1) is 5.69 Å². The predicted octanol–water partition coefficient (Wildman–Crippen LogP) is 4.79. The van der Waals surface area contributed by atoms with Crippen molar-refractivity contribution >= 4 is 27.9 Å². The molecule has 3 rings (SSSR count). The smallest absolute Gasteiger partial charge is 0.227 e. The Balaban J connectivity index is 2.15. The lowest BCUT2D eigenvalue weighted by molar-refractivity contribution is -0.118. The second kappa shape index (κ2) is 7.03. The average Bonchev–Trinajstić information content (AvgIpc) is 2.92. The number of nitrogens with one attached hydrogen (secondary N) is 1. The predicted molar refractivity (Wildman–Crippen MR) is 101 cm³/mol. The van der Waals surface area contributed by atoms with Crippen LogP contribution in [0.15, 0.2) is 48.8 Å². The van der Waals surface area contributed by atoms with Gasteiger partial charge in [-0.15, -0.1) is 11.3 Å². The Morgan fingerprint density at radius 1 is 1.12 bits per heavy atom. The number of amides is 1. The normalized spacial score (nSPS) is 10.9. The minimum absolute atomic E-state index is 0.0973. The van der Waals surface area contributed by atoms with Crippen LogP contribution in [-0.4, -0.2) is 10.9 Å². The van der Waals surface area contributed by atoms with Crippen molar-refractivity contribution in [2.24, 2.45) is 5.92 Å². The van der Waals surface area contributed by atoms with Crippen LogP contribution in [0, 0.1) is 11.7 Å². The first-order valence-electron chi connectivity index (χ1n) is 7.87. The third-order valence-electron chi connectivity index (χ3n) is 3.78. The summed E-state index contributed by atoms with van der Waals surface area (Å²) in [5.74, 6) is -0.549. The van der Waals surface area contributed by atoms with Crippen molar-refractivity contribution in [2.75, 3.05) is 11.1 Å². The molecule has 0 unspecified atom stereocenters. The maximum Gasteiger partial charge on any atom is 0.227 e. The van der Waals surface area contributed by atoms with Crippen molar-refractivity contribution in [1.82, 2.24) is 4.98 Å². The lowest BCUT2D eigenvalue weighted by Crippen LogP contribution is -2.17. The van der Waals surface area contributed by atoms with E-state index in [9.17, 15) is 9.18 Å². The van der Waals surface area contributed by atoms with Gasteiger partial charge >= 0.3 is 0 Å². The fourth-order valence-electron chi connectivity index (χ4n) is 2.40. The van der Waals surface area contributed by atoms with Gasteiger partial charge in [0.25, 0.3) is 0 Å². The van der Waals surface area contributed by atoms with Crippen LogP contribution in [0.25, 0.3) is 21.6 Å². The first-order chi connectivity index (χ1) is 12.0. The number of carbonyl (C=O) groups excluding carboxylic acids is 1. The van der Waals surface area contributed by atoms with Gasteiger partial charge in [-0.25, -0.2) is 4.39 Å². The molecule has 0 radical (unpaired) electrons. The molecule has 6 heteroatoms. The first kappa shape index (κ1) is 17.1.